The maximum Gasteiger partial charge on any atom is 0.241 e. The molecule has 0 radical (unpaired) electrons. The van der Waals surface area contributed by atoms with E-state index in [1.54, 1.807) is 19.1 Å². The van der Waals surface area contributed by atoms with Gasteiger partial charge in [-0.15, -0.1) is 0 Å². The third kappa shape index (κ3) is 5.39. The summed E-state index contributed by atoms with van der Waals surface area (Å²) in [5, 5.41) is 2.61. The average Bonchev–Trinajstić information content (AvgIpc) is 2.55. The van der Waals surface area contributed by atoms with Gasteiger partial charge < -0.3 is 10.2 Å². The fraction of sp³-hybridized carbons (Fsp3) is 0.316. The Bertz CT molecular complexity index is 893. The Hall–Kier alpha value is -2.22. The lowest BCUT2D eigenvalue weighted by molar-refractivity contribution is -0.114. The molecule has 140 valence electrons. The number of rotatable bonds is 7. The number of sulfonamides is 1. The van der Waals surface area contributed by atoms with Gasteiger partial charge in [0.05, 0.1) is 4.90 Å². The zero-order valence-electron chi connectivity index (χ0n) is 15.5. The molecule has 6 nitrogen and oxygen atoms in total. The summed E-state index contributed by atoms with van der Waals surface area (Å²) in [6.07, 6.45) is 0. The molecule has 7 heteroatoms. The molecular formula is C19H25N3O3S. The van der Waals surface area contributed by atoms with Gasteiger partial charge in [-0.25, -0.2) is 13.1 Å². The number of benzene rings is 2. The summed E-state index contributed by atoms with van der Waals surface area (Å²) in [7, 11) is 0.233. The number of carbonyl (C=O) groups is 1. The van der Waals surface area contributed by atoms with Crippen LogP contribution in [0, 0.1) is 6.92 Å². The van der Waals surface area contributed by atoms with E-state index in [0.717, 1.165) is 17.7 Å². The normalized spacial score (nSPS) is 11.6. The summed E-state index contributed by atoms with van der Waals surface area (Å²) < 4.78 is 28.2. The Labute approximate surface area is 155 Å². The van der Waals surface area contributed by atoms with E-state index < -0.39 is 10.0 Å². The maximum atomic E-state index is 12.8. The molecule has 0 aliphatic carbocycles. The van der Waals surface area contributed by atoms with E-state index >= 15 is 0 Å². The van der Waals surface area contributed by atoms with Gasteiger partial charge in [-0.3, -0.25) is 4.79 Å². The molecule has 0 aliphatic rings. The minimum absolute atomic E-state index is 0.161. The number of hydrogen-bond donors (Lipinski definition) is 2. The number of aryl methyl sites for hydroxylation is 1. The molecule has 2 aromatic rings. The molecule has 0 fully saturated rings. The first-order valence-corrected chi connectivity index (χ1v) is 9.77. The molecule has 1 amide bonds. The fourth-order valence-corrected chi connectivity index (χ4v) is 3.92. The molecule has 2 aromatic carbocycles. The molecule has 0 heterocycles. The van der Waals surface area contributed by atoms with Crippen molar-refractivity contribution in [3.63, 3.8) is 0 Å². The van der Waals surface area contributed by atoms with Crippen molar-refractivity contribution in [3.05, 3.63) is 59.2 Å². The molecule has 2 N–H and O–H groups in total. The lowest BCUT2D eigenvalue weighted by Gasteiger charge is -2.15. The molecule has 0 spiro atoms. The quantitative estimate of drug-likeness (QED) is 0.779. The van der Waals surface area contributed by atoms with E-state index in [0.29, 0.717) is 11.3 Å². The van der Waals surface area contributed by atoms with E-state index in [4.69, 9.17) is 0 Å². The monoisotopic (exact) mass is 375 g/mol. The number of hydrogen-bond acceptors (Lipinski definition) is 4. The zero-order valence-corrected chi connectivity index (χ0v) is 16.4. The highest BCUT2D eigenvalue weighted by molar-refractivity contribution is 7.89. The summed E-state index contributed by atoms with van der Waals surface area (Å²) in [5.41, 5.74) is 3.08. The second-order valence-electron chi connectivity index (χ2n) is 6.49. The van der Waals surface area contributed by atoms with Crippen LogP contribution in [-0.4, -0.2) is 33.3 Å². The summed E-state index contributed by atoms with van der Waals surface area (Å²) in [6.45, 7) is 4.05. The minimum Gasteiger partial charge on any atom is -0.326 e. The van der Waals surface area contributed by atoms with Gasteiger partial charge in [0, 0.05) is 25.7 Å². The van der Waals surface area contributed by atoms with Gasteiger partial charge in [0.2, 0.25) is 15.9 Å². The second kappa shape index (κ2) is 8.44. The predicted octanol–water partition coefficient (Wildman–Crippen LogP) is 2.49. The van der Waals surface area contributed by atoms with Crippen LogP contribution in [0.5, 0.6) is 0 Å². The van der Waals surface area contributed by atoms with E-state index in [2.05, 4.69) is 10.0 Å². The van der Waals surface area contributed by atoms with E-state index in [1.165, 1.54) is 13.0 Å². The SMILES string of the molecule is CC(=O)Nc1ccc(C)c(S(=O)(=O)NCc2ccccc2CN(C)C)c1. The zero-order chi connectivity index (χ0) is 19.3. The molecule has 0 saturated carbocycles. The smallest absolute Gasteiger partial charge is 0.241 e. The number of amides is 1. The highest BCUT2D eigenvalue weighted by Gasteiger charge is 2.18. The molecule has 0 saturated heterocycles. The maximum absolute atomic E-state index is 12.8. The van der Waals surface area contributed by atoms with Gasteiger partial charge in [-0.05, 0) is 49.8 Å². The highest BCUT2D eigenvalue weighted by Crippen LogP contribution is 2.21. The van der Waals surface area contributed by atoms with E-state index in [9.17, 15) is 13.2 Å². The van der Waals surface area contributed by atoms with Crippen LogP contribution in [0.25, 0.3) is 0 Å². The molecule has 0 bridgehead atoms. The summed E-state index contributed by atoms with van der Waals surface area (Å²) in [5.74, 6) is -0.247. The van der Waals surface area contributed by atoms with Crippen molar-refractivity contribution in [2.45, 2.75) is 31.8 Å². The Morgan fingerprint density at radius 2 is 1.73 bits per heavy atom. The lowest BCUT2D eigenvalue weighted by atomic mass is 10.1. The molecule has 2 rings (SSSR count). The van der Waals surface area contributed by atoms with Crippen molar-refractivity contribution in [2.75, 3.05) is 19.4 Å². The van der Waals surface area contributed by atoms with Crippen LogP contribution in [-0.2, 0) is 27.9 Å². The van der Waals surface area contributed by atoms with Crippen LogP contribution in [0.1, 0.15) is 23.6 Å². The number of nitrogens with zero attached hydrogens (tertiary/aromatic N) is 1. The molecular weight excluding hydrogens is 350 g/mol. The van der Waals surface area contributed by atoms with Crippen molar-refractivity contribution in [1.82, 2.24) is 9.62 Å². The third-order valence-electron chi connectivity index (χ3n) is 3.86. The van der Waals surface area contributed by atoms with Crippen LogP contribution in [0.15, 0.2) is 47.4 Å². The third-order valence-corrected chi connectivity index (χ3v) is 5.40. The van der Waals surface area contributed by atoms with E-state index in [-0.39, 0.29) is 17.3 Å². The first kappa shape index (κ1) is 20.1. The molecule has 0 unspecified atom stereocenters. The van der Waals surface area contributed by atoms with E-state index in [1.807, 2.05) is 43.3 Å². The number of anilines is 1. The van der Waals surface area contributed by atoms with Crippen LogP contribution >= 0.6 is 0 Å². The van der Waals surface area contributed by atoms with Crippen LogP contribution in [0.3, 0.4) is 0 Å². The first-order valence-electron chi connectivity index (χ1n) is 8.28. The minimum atomic E-state index is -3.71. The molecule has 0 aliphatic heterocycles. The van der Waals surface area contributed by atoms with Gasteiger partial charge in [0.1, 0.15) is 0 Å². The topological polar surface area (TPSA) is 78.5 Å². The first-order chi connectivity index (χ1) is 12.2. The van der Waals surface area contributed by atoms with Gasteiger partial charge in [-0.2, -0.15) is 0 Å². The van der Waals surface area contributed by atoms with Crippen LogP contribution in [0.2, 0.25) is 0 Å². The van der Waals surface area contributed by atoms with Crippen molar-refractivity contribution in [1.29, 1.82) is 0 Å². The number of nitrogens with one attached hydrogen (secondary N) is 2. The van der Waals surface area contributed by atoms with Gasteiger partial charge >= 0.3 is 0 Å². The molecule has 26 heavy (non-hydrogen) atoms. The van der Waals surface area contributed by atoms with Gasteiger partial charge in [-0.1, -0.05) is 30.3 Å². The lowest BCUT2D eigenvalue weighted by Crippen LogP contribution is -2.25. The van der Waals surface area contributed by atoms with Crippen LogP contribution < -0.4 is 10.0 Å². The Balaban J connectivity index is 2.23. The molecule has 0 atom stereocenters. The summed E-state index contributed by atoms with van der Waals surface area (Å²) in [4.78, 5) is 13.4. The van der Waals surface area contributed by atoms with Gasteiger partial charge in [0.25, 0.3) is 0 Å². The van der Waals surface area contributed by atoms with Crippen molar-refractivity contribution in [2.24, 2.45) is 0 Å². The van der Waals surface area contributed by atoms with Crippen LogP contribution in [0.4, 0.5) is 5.69 Å². The van der Waals surface area contributed by atoms with Crippen molar-refractivity contribution in [3.8, 4) is 0 Å². The fourth-order valence-electron chi connectivity index (χ4n) is 2.65. The summed E-state index contributed by atoms with van der Waals surface area (Å²) >= 11 is 0. The predicted molar refractivity (Wildman–Crippen MR) is 103 cm³/mol. The Morgan fingerprint density at radius 1 is 1.08 bits per heavy atom. The summed E-state index contributed by atoms with van der Waals surface area (Å²) in [6, 6.07) is 12.6. The average molecular weight is 375 g/mol. The largest absolute Gasteiger partial charge is 0.326 e. The highest BCUT2D eigenvalue weighted by atomic mass is 32.2. The Kier molecular flexibility index (Phi) is 6.52. The van der Waals surface area contributed by atoms with Gasteiger partial charge in [0.15, 0.2) is 0 Å². The second-order valence-corrected chi connectivity index (χ2v) is 8.23. The Morgan fingerprint density at radius 3 is 2.35 bits per heavy atom. The standard InChI is InChI=1S/C19H25N3O3S/c1-14-9-10-18(21-15(2)23)11-19(14)26(24,25)20-12-16-7-5-6-8-17(16)13-22(3)4/h5-11,20H,12-13H2,1-4H3,(H,21,23). The van der Waals surface area contributed by atoms with Crippen molar-refractivity contribution < 1.29 is 13.2 Å². The van der Waals surface area contributed by atoms with Crippen molar-refractivity contribution >= 4 is 21.6 Å². The number of carbonyl (C=O) groups excluding carboxylic acids is 1. The molecule has 0 aromatic heterocycles.